The van der Waals surface area contributed by atoms with E-state index in [4.69, 9.17) is 0 Å². The molecule has 7 heteroatoms. The van der Waals surface area contributed by atoms with Gasteiger partial charge in [0.15, 0.2) is 11.6 Å². The smallest absolute Gasteiger partial charge is 0.253 e. The van der Waals surface area contributed by atoms with E-state index in [0.29, 0.717) is 35.0 Å². The monoisotopic (exact) mass is 399 g/mol. The van der Waals surface area contributed by atoms with Crippen LogP contribution < -0.4 is 5.32 Å². The first-order valence-corrected chi connectivity index (χ1v) is 9.82. The van der Waals surface area contributed by atoms with E-state index in [1.807, 2.05) is 6.92 Å². The van der Waals surface area contributed by atoms with Gasteiger partial charge in [-0.1, -0.05) is 18.9 Å². The molecule has 4 rings (SSSR count). The summed E-state index contributed by atoms with van der Waals surface area (Å²) in [5, 5.41) is 13.1. The zero-order valence-electron chi connectivity index (χ0n) is 16.1. The number of H-pyrrole nitrogens is 1. The molecular weight excluding hydrogens is 376 g/mol. The number of amides is 1. The van der Waals surface area contributed by atoms with Gasteiger partial charge >= 0.3 is 0 Å². The summed E-state index contributed by atoms with van der Waals surface area (Å²) in [4.78, 5) is 20.4. The minimum absolute atomic E-state index is 0.273. The normalized spacial score (nSPS) is 19.4. The molecule has 1 fully saturated rings. The van der Waals surface area contributed by atoms with Crippen molar-refractivity contribution in [3.05, 3.63) is 64.5 Å². The fraction of sp³-hybridized carbons (Fsp3) is 0.364. The molecule has 3 aromatic rings. The van der Waals surface area contributed by atoms with E-state index in [2.05, 4.69) is 15.3 Å². The van der Waals surface area contributed by atoms with Gasteiger partial charge < -0.3 is 15.4 Å². The highest BCUT2D eigenvalue weighted by atomic mass is 19.2. The Labute approximate surface area is 167 Å². The van der Waals surface area contributed by atoms with Crippen molar-refractivity contribution in [1.29, 1.82) is 0 Å². The van der Waals surface area contributed by atoms with Gasteiger partial charge in [0.05, 0.1) is 35.1 Å². The Hall–Kier alpha value is -2.80. The van der Waals surface area contributed by atoms with Crippen molar-refractivity contribution in [2.45, 2.75) is 51.2 Å². The minimum atomic E-state index is -0.898. The SMILES string of the molecule is Cc1c(Cc2ccc(F)c(F)c2)cc(C(=O)N[C@H]2CCCC[C@@H]2O)c2[nH]cnc12. The topological polar surface area (TPSA) is 78.0 Å². The molecule has 1 amide bonds. The van der Waals surface area contributed by atoms with Crippen LogP contribution in [0.3, 0.4) is 0 Å². The number of imidazole rings is 1. The summed E-state index contributed by atoms with van der Waals surface area (Å²) in [7, 11) is 0. The van der Waals surface area contributed by atoms with Gasteiger partial charge in [-0.05, 0) is 61.1 Å². The van der Waals surface area contributed by atoms with Crippen LogP contribution >= 0.6 is 0 Å². The van der Waals surface area contributed by atoms with Gasteiger partial charge in [0.2, 0.25) is 0 Å². The Kier molecular flexibility index (Phi) is 5.32. The van der Waals surface area contributed by atoms with Crippen LogP contribution in [-0.2, 0) is 6.42 Å². The van der Waals surface area contributed by atoms with Gasteiger partial charge in [0.1, 0.15) is 0 Å². The second-order valence-corrected chi connectivity index (χ2v) is 7.69. The average Bonchev–Trinajstić information content (AvgIpc) is 3.19. The first-order chi connectivity index (χ1) is 13.9. The van der Waals surface area contributed by atoms with E-state index in [1.165, 1.54) is 18.5 Å². The number of aromatic nitrogens is 2. The van der Waals surface area contributed by atoms with Crippen LogP contribution in [0.5, 0.6) is 0 Å². The first kappa shape index (κ1) is 19.5. The van der Waals surface area contributed by atoms with Crippen LogP contribution in [0.1, 0.15) is 52.7 Å². The van der Waals surface area contributed by atoms with Crippen molar-refractivity contribution in [2.75, 3.05) is 0 Å². The number of nitrogens with one attached hydrogen (secondary N) is 2. The van der Waals surface area contributed by atoms with E-state index in [1.54, 1.807) is 6.07 Å². The second-order valence-electron chi connectivity index (χ2n) is 7.69. The highest BCUT2D eigenvalue weighted by Crippen LogP contribution is 2.26. The lowest BCUT2D eigenvalue weighted by molar-refractivity contribution is 0.0718. The molecule has 29 heavy (non-hydrogen) atoms. The molecule has 3 N–H and O–H groups in total. The Morgan fingerprint density at radius 2 is 2.03 bits per heavy atom. The van der Waals surface area contributed by atoms with E-state index in [-0.39, 0.29) is 11.9 Å². The molecule has 0 saturated heterocycles. The van der Waals surface area contributed by atoms with Gasteiger partial charge in [-0.2, -0.15) is 0 Å². The first-order valence-electron chi connectivity index (χ1n) is 9.82. The summed E-state index contributed by atoms with van der Waals surface area (Å²) in [6.45, 7) is 1.89. The molecule has 1 aromatic heterocycles. The summed E-state index contributed by atoms with van der Waals surface area (Å²) in [5.41, 5.74) is 4.01. The number of aromatic amines is 1. The number of aliphatic hydroxyl groups excluding tert-OH is 1. The van der Waals surface area contributed by atoms with Crippen molar-refractivity contribution in [1.82, 2.24) is 15.3 Å². The van der Waals surface area contributed by atoms with E-state index in [0.717, 1.165) is 36.5 Å². The highest BCUT2D eigenvalue weighted by molar-refractivity contribution is 6.06. The number of fused-ring (bicyclic) bond motifs is 1. The molecule has 0 unspecified atom stereocenters. The minimum Gasteiger partial charge on any atom is -0.391 e. The molecule has 1 aliphatic carbocycles. The molecule has 2 atom stereocenters. The van der Waals surface area contributed by atoms with Crippen molar-refractivity contribution < 1.29 is 18.7 Å². The average molecular weight is 399 g/mol. The molecular formula is C22H23F2N3O2. The van der Waals surface area contributed by atoms with Crippen LogP contribution in [0.4, 0.5) is 8.78 Å². The van der Waals surface area contributed by atoms with Gasteiger partial charge in [0, 0.05) is 0 Å². The summed E-state index contributed by atoms with van der Waals surface area (Å²) < 4.78 is 26.9. The van der Waals surface area contributed by atoms with Crippen molar-refractivity contribution in [3.8, 4) is 0 Å². The third-order valence-electron chi connectivity index (χ3n) is 5.73. The van der Waals surface area contributed by atoms with Crippen molar-refractivity contribution in [2.24, 2.45) is 0 Å². The number of rotatable bonds is 4. The second kappa shape index (κ2) is 7.91. The summed E-state index contributed by atoms with van der Waals surface area (Å²) in [6, 6.07) is 5.30. The standard InChI is InChI=1S/C22H23F2N3O2/c1-12-14(8-13-6-7-16(23)17(24)9-13)10-15(21-20(12)25-11-26-21)22(29)27-18-4-2-3-5-19(18)28/h6-7,9-11,18-19,28H,2-5,8H2,1H3,(H,25,26)(H,27,29)/t18-,19-/m0/s1. The van der Waals surface area contributed by atoms with Crippen LogP contribution in [0.15, 0.2) is 30.6 Å². The fourth-order valence-corrected chi connectivity index (χ4v) is 4.05. The van der Waals surface area contributed by atoms with Gasteiger partial charge in [-0.3, -0.25) is 4.79 Å². The van der Waals surface area contributed by atoms with Gasteiger partial charge in [-0.25, -0.2) is 13.8 Å². The Morgan fingerprint density at radius 1 is 1.24 bits per heavy atom. The maximum Gasteiger partial charge on any atom is 0.253 e. The highest BCUT2D eigenvalue weighted by Gasteiger charge is 2.26. The number of carbonyl (C=O) groups excluding carboxylic acids is 1. The number of halogens is 2. The van der Waals surface area contributed by atoms with E-state index >= 15 is 0 Å². The van der Waals surface area contributed by atoms with Gasteiger partial charge in [-0.15, -0.1) is 0 Å². The molecule has 0 bridgehead atoms. The number of aliphatic hydroxyl groups is 1. The Bertz CT molecular complexity index is 1060. The quantitative estimate of drug-likeness (QED) is 0.625. The zero-order chi connectivity index (χ0) is 20.5. The lowest BCUT2D eigenvalue weighted by atomic mass is 9.92. The van der Waals surface area contributed by atoms with Crippen molar-refractivity contribution >= 4 is 16.9 Å². The number of hydrogen-bond donors (Lipinski definition) is 3. The third kappa shape index (κ3) is 3.87. The number of benzene rings is 2. The Balaban J connectivity index is 1.68. The van der Waals surface area contributed by atoms with Crippen LogP contribution in [0.2, 0.25) is 0 Å². The maximum atomic E-state index is 13.6. The zero-order valence-corrected chi connectivity index (χ0v) is 16.1. The number of carbonyl (C=O) groups is 1. The summed E-state index contributed by atoms with van der Waals surface area (Å²) in [6.07, 6.45) is 4.69. The third-order valence-corrected chi connectivity index (χ3v) is 5.73. The molecule has 1 aliphatic rings. The van der Waals surface area contributed by atoms with Crippen LogP contribution in [0.25, 0.3) is 11.0 Å². The van der Waals surface area contributed by atoms with Crippen molar-refractivity contribution in [3.63, 3.8) is 0 Å². The lowest BCUT2D eigenvalue weighted by Gasteiger charge is -2.28. The van der Waals surface area contributed by atoms with Crippen LogP contribution in [-0.4, -0.2) is 33.1 Å². The molecule has 0 aliphatic heterocycles. The molecule has 1 heterocycles. The fourth-order valence-electron chi connectivity index (χ4n) is 4.05. The summed E-state index contributed by atoms with van der Waals surface area (Å²) >= 11 is 0. The molecule has 2 aromatic carbocycles. The number of hydrogen-bond acceptors (Lipinski definition) is 3. The number of aryl methyl sites for hydroxylation is 1. The lowest BCUT2D eigenvalue weighted by Crippen LogP contribution is -2.45. The predicted octanol–water partition coefficient (Wildman–Crippen LogP) is 3.77. The largest absolute Gasteiger partial charge is 0.391 e. The molecule has 1 saturated carbocycles. The molecule has 0 radical (unpaired) electrons. The molecule has 152 valence electrons. The predicted molar refractivity (Wildman–Crippen MR) is 106 cm³/mol. The Morgan fingerprint density at radius 3 is 2.79 bits per heavy atom. The summed E-state index contributed by atoms with van der Waals surface area (Å²) in [5.74, 6) is -2.07. The van der Waals surface area contributed by atoms with Crippen LogP contribution in [0, 0.1) is 18.6 Å². The number of nitrogens with zero attached hydrogens (tertiary/aromatic N) is 1. The van der Waals surface area contributed by atoms with E-state index < -0.39 is 17.7 Å². The maximum absolute atomic E-state index is 13.6. The van der Waals surface area contributed by atoms with Gasteiger partial charge in [0.25, 0.3) is 5.91 Å². The van der Waals surface area contributed by atoms with E-state index in [9.17, 15) is 18.7 Å². The molecule has 5 nitrogen and oxygen atoms in total. The molecule has 0 spiro atoms.